The molecule has 0 aliphatic heterocycles. The summed E-state index contributed by atoms with van der Waals surface area (Å²) in [4.78, 5) is 0. The van der Waals surface area contributed by atoms with Gasteiger partial charge in [0.2, 0.25) is 0 Å². The van der Waals surface area contributed by atoms with E-state index in [1.165, 1.54) is 10.9 Å². The van der Waals surface area contributed by atoms with E-state index in [1.54, 1.807) is 6.07 Å². The van der Waals surface area contributed by atoms with Crippen molar-refractivity contribution in [3.63, 3.8) is 0 Å². The summed E-state index contributed by atoms with van der Waals surface area (Å²) in [6, 6.07) is 12.0. The van der Waals surface area contributed by atoms with Crippen molar-refractivity contribution in [1.82, 2.24) is 0 Å². The van der Waals surface area contributed by atoms with Gasteiger partial charge in [-0.3, -0.25) is 0 Å². The minimum atomic E-state index is 0.337. The quantitative estimate of drug-likeness (QED) is 0.775. The lowest BCUT2D eigenvalue weighted by Gasteiger charge is -2.10. The summed E-state index contributed by atoms with van der Waals surface area (Å²) in [6.45, 7) is 4.42. The molecule has 2 aromatic rings. The van der Waals surface area contributed by atoms with Gasteiger partial charge in [0.15, 0.2) is 0 Å². The minimum absolute atomic E-state index is 0.337. The van der Waals surface area contributed by atoms with Gasteiger partial charge in [-0.2, -0.15) is 0 Å². The lowest BCUT2D eigenvalue weighted by atomic mass is 9.96. The highest BCUT2D eigenvalue weighted by Crippen LogP contribution is 2.25. The predicted octanol–water partition coefficient (Wildman–Crippen LogP) is 4.06. The maximum atomic E-state index is 9.42. The first kappa shape index (κ1) is 10.0. The molecule has 1 nitrogen and oxygen atoms in total. The summed E-state index contributed by atoms with van der Waals surface area (Å²) < 4.78 is 0. The van der Waals surface area contributed by atoms with Crippen LogP contribution in [-0.2, 0) is 0 Å². The summed E-state index contributed by atoms with van der Waals surface area (Å²) in [5, 5.41) is 11.7. The van der Waals surface area contributed by atoms with E-state index in [4.69, 9.17) is 0 Å². The second kappa shape index (κ2) is 3.93. The van der Waals surface area contributed by atoms with Crippen LogP contribution in [0, 0.1) is 0 Å². The average Bonchev–Trinajstić information content (AvgIpc) is 2.27. The Kier molecular flexibility index (Phi) is 2.63. The minimum Gasteiger partial charge on any atom is -0.508 e. The smallest absolute Gasteiger partial charge is 0.116 e. The zero-order valence-corrected chi connectivity index (χ0v) is 9.20. The maximum Gasteiger partial charge on any atom is 0.116 e. The van der Waals surface area contributed by atoms with E-state index in [0.717, 1.165) is 11.8 Å². The molecule has 0 saturated carbocycles. The third-order valence-electron chi connectivity index (χ3n) is 3.03. The molecule has 0 aromatic heterocycles. The summed E-state index contributed by atoms with van der Waals surface area (Å²) in [5.41, 5.74) is 1.34. The molecule has 1 unspecified atom stereocenters. The van der Waals surface area contributed by atoms with Crippen molar-refractivity contribution in [2.24, 2.45) is 0 Å². The molecule has 0 saturated heterocycles. The highest BCUT2D eigenvalue weighted by molar-refractivity contribution is 5.84. The second-order valence-electron chi connectivity index (χ2n) is 4.10. The number of benzene rings is 2. The van der Waals surface area contributed by atoms with Crippen molar-refractivity contribution in [3.05, 3.63) is 42.0 Å². The molecule has 2 aromatic carbocycles. The van der Waals surface area contributed by atoms with Crippen LogP contribution >= 0.6 is 0 Å². The van der Waals surface area contributed by atoms with Crippen molar-refractivity contribution in [2.45, 2.75) is 26.2 Å². The molecule has 15 heavy (non-hydrogen) atoms. The Balaban J connectivity index is 2.54. The van der Waals surface area contributed by atoms with Crippen LogP contribution in [0.4, 0.5) is 0 Å². The molecule has 0 amide bonds. The van der Waals surface area contributed by atoms with E-state index in [0.29, 0.717) is 11.7 Å². The average molecular weight is 200 g/mol. The van der Waals surface area contributed by atoms with Crippen LogP contribution in [0.5, 0.6) is 5.75 Å². The molecule has 1 N–H and O–H groups in total. The van der Waals surface area contributed by atoms with Crippen LogP contribution < -0.4 is 0 Å². The van der Waals surface area contributed by atoms with Crippen molar-refractivity contribution in [2.75, 3.05) is 0 Å². The SMILES string of the molecule is CCC(C)c1ccc2ccc(O)cc2c1. The van der Waals surface area contributed by atoms with E-state index >= 15 is 0 Å². The fraction of sp³-hybridized carbons (Fsp3) is 0.286. The van der Waals surface area contributed by atoms with Gasteiger partial charge in [0, 0.05) is 0 Å². The topological polar surface area (TPSA) is 20.2 Å². The molecule has 1 heteroatoms. The van der Waals surface area contributed by atoms with Gasteiger partial charge in [-0.1, -0.05) is 38.1 Å². The number of aromatic hydroxyl groups is 1. The van der Waals surface area contributed by atoms with Gasteiger partial charge >= 0.3 is 0 Å². The van der Waals surface area contributed by atoms with Crippen LogP contribution in [-0.4, -0.2) is 5.11 Å². The molecule has 0 heterocycles. The Morgan fingerprint density at radius 1 is 1.07 bits per heavy atom. The fourth-order valence-corrected chi connectivity index (χ4v) is 1.79. The zero-order valence-electron chi connectivity index (χ0n) is 9.20. The van der Waals surface area contributed by atoms with E-state index in [9.17, 15) is 5.11 Å². The lowest BCUT2D eigenvalue weighted by molar-refractivity contribution is 0.476. The monoisotopic (exact) mass is 200 g/mol. The van der Waals surface area contributed by atoms with Gasteiger partial charge in [0.1, 0.15) is 5.75 Å². The van der Waals surface area contributed by atoms with Crippen LogP contribution in [0.15, 0.2) is 36.4 Å². The van der Waals surface area contributed by atoms with Gasteiger partial charge in [-0.25, -0.2) is 0 Å². The number of phenols is 1. The van der Waals surface area contributed by atoms with E-state index in [1.807, 2.05) is 12.1 Å². The van der Waals surface area contributed by atoms with Crippen LogP contribution in [0.2, 0.25) is 0 Å². The molecule has 0 aliphatic carbocycles. The summed E-state index contributed by atoms with van der Waals surface area (Å²) in [5.74, 6) is 0.917. The Morgan fingerprint density at radius 2 is 1.80 bits per heavy atom. The largest absolute Gasteiger partial charge is 0.508 e. The first-order chi connectivity index (χ1) is 7.20. The first-order valence-electron chi connectivity index (χ1n) is 5.43. The first-order valence-corrected chi connectivity index (χ1v) is 5.43. The Morgan fingerprint density at radius 3 is 2.53 bits per heavy atom. The standard InChI is InChI=1S/C14H16O/c1-3-10(2)12-5-4-11-6-7-14(15)9-13(11)8-12/h4-10,15H,3H2,1-2H3. The Hall–Kier alpha value is -1.50. The molecule has 0 fully saturated rings. The lowest BCUT2D eigenvalue weighted by Crippen LogP contribution is -1.90. The number of phenolic OH excluding ortho intramolecular Hbond substituents is 1. The van der Waals surface area contributed by atoms with Gasteiger partial charge in [-0.15, -0.1) is 0 Å². The van der Waals surface area contributed by atoms with Crippen LogP contribution in [0.25, 0.3) is 10.8 Å². The van der Waals surface area contributed by atoms with Gasteiger partial charge in [0.05, 0.1) is 0 Å². The fourth-order valence-electron chi connectivity index (χ4n) is 1.79. The van der Waals surface area contributed by atoms with E-state index in [2.05, 4.69) is 32.0 Å². The molecular weight excluding hydrogens is 184 g/mol. The van der Waals surface area contributed by atoms with Crippen LogP contribution in [0.1, 0.15) is 31.7 Å². The van der Waals surface area contributed by atoms with Crippen molar-refractivity contribution in [1.29, 1.82) is 0 Å². The van der Waals surface area contributed by atoms with Gasteiger partial charge in [-0.05, 0) is 40.8 Å². The maximum absolute atomic E-state index is 9.42. The Bertz CT molecular complexity index is 474. The highest BCUT2D eigenvalue weighted by atomic mass is 16.3. The molecule has 1 atom stereocenters. The van der Waals surface area contributed by atoms with Crippen LogP contribution in [0.3, 0.4) is 0 Å². The number of rotatable bonds is 2. The molecular formula is C14H16O. The van der Waals surface area contributed by atoms with Gasteiger partial charge in [0.25, 0.3) is 0 Å². The summed E-state index contributed by atoms with van der Waals surface area (Å²) in [6.07, 6.45) is 1.14. The molecule has 0 bridgehead atoms. The number of hydrogen-bond acceptors (Lipinski definition) is 1. The summed E-state index contributed by atoms with van der Waals surface area (Å²) in [7, 11) is 0. The predicted molar refractivity (Wildman–Crippen MR) is 64.3 cm³/mol. The summed E-state index contributed by atoms with van der Waals surface area (Å²) >= 11 is 0. The number of fused-ring (bicyclic) bond motifs is 1. The number of hydrogen-bond donors (Lipinski definition) is 1. The third kappa shape index (κ3) is 1.96. The zero-order chi connectivity index (χ0) is 10.8. The van der Waals surface area contributed by atoms with Crippen molar-refractivity contribution < 1.29 is 5.11 Å². The van der Waals surface area contributed by atoms with Crippen molar-refractivity contribution in [3.8, 4) is 5.75 Å². The molecule has 0 radical (unpaired) electrons. The third-order valence-corrected chi connectivity index (χ3v) is 3.03. The van der Waals surface area contributed by atoms with E-state index < -0.39 is 0 Å². The molecule has 0 aliphatic rings. The molecule has 0 spiro atoms. The normalized spacial score (nSPS) is 12.9. The highest BCUT2D eigenvalue weighted by Gasteiger charge is 2.03. The van der Waals surface area contributed by atoms with Gasteiger partial charge < -0.3 is 5.11 Å². The molecule has 2 rings (SSSR count). The Labute approximate surface area is 90.4 Å². The molecule has 78 valence electrons. The van der Waals surface area contributed by atoms with Crippen molar-refractivity contribution >= 4 is 10.8 Å². The van der Waals surface area contributed by atoms with E-state index in [-0.39, 0.29) is 0 Å². The second-order valence-corrected chi connectivity index (χ2v) is 4.10.